The van der Waals surface area contributed by atoms with Gasteiger partial charge in [0.05, 0.1) is 17.6 Å². The first kappa shape index (κ1) is 13.5. The highest BCUT2D eigenvalue weighted by Crippen LogP contribution is 2.16. The van der Waals surface area contributed by atoms with E-state index in [0.717, 1.165) is 29.8 Å². The first-order valence-corrected chi connectivity index (χ1v) is 6.65. The minimum atomic E-state index is -0.283. The van der Waals surface area contributed by atoms with Crippen LogP contribution >= 0.6 is 0 Å². The zero-order valence-electron chi connectivity index (χ0n) is 11.2. The van der Waals surface area contributed by atoms with Crippen LogP contribution in [0, 0.1) is 0 Å². The molecule has 2 rings (SSSR count). The molecule has 102 valence electrons. The average molecular weight is 260 g/mol. The number of amides is 1. The third kappa shape index (κ3) is 3.32. The molecule has 0 bridgehead atoms. The maximum Gasteiger partial charge on any atom is 0.218 e. The molecule has 0 spiro atoms. The lowest BCUT2D eigenvalue weighted by molar-refractivity contribution is -0.117. The summed E-state index contributed by atoms with van der Waals surface area (Å²) in [6.45, 7) is 4.35. The molecule has 0 radical (unpaired) electrons. The molecule has 5 heteroatoms. The van der Waals surface area contributed by atoms with Gasteiger partial charge in [-0.25, -0.2) is 4.98 Å². The molecule has 0 aliphatic carbocycles. The summed E-state index contributed by atoms with van der Waals surface area (Å²) in [4.78, 5) is 15.3. The summed E-state index contributed by atoms with van der Waals surface area (Å²) in [6.07, 6.45) is 1.42. The van der Waals surface area contributed by atoms with Gasteiger partial charge in [0, 0.05) is 19.5 Å². The number of nitrogens with zero attached hydrogens (tertiary/aromatic N) is 2. The summed E-state index contributed by atoms with van der Waals surface area (Å²) in [5.41, 5.74) is 7.29. The fourth-order valence-electron chi connectivity index (χ4n) is 2.15. The number of hydrogen-bond donors (Lipinski definition) is 2. The van der Waals surface area contributed by atoms with Crippen LogP contribution in [0.5, 0.6) is 0 Å². The Morgan fingerprint density at radius 3 is 2.95 bits per heavy atom. The number of carbonyl (C=O) groups excluding carboxylic acids is 1. The molecule has 0 saturated carbocycles. The van der Waals surface area contributed by atoms with Crippen LogP contribution in [0.15, 0.2) is 24.3 Å². The molecule has 3 N–H and O–H groups in total. The molecule has 1 heterocycles. The first-order valence-electron chi connectivity index (χ1n) is 6.65. The van der Waals surface area contributed by atoms with E-state index in [9.17, 15) is 4.79 Å². The summed E-state index contributed by atoms with van der Waals surface area (Å²) in [7, 11) is 0. The van der Waals surface area contributed by atoms with Gasteiger partial charge in [0.25, 0.3) is 0 Å². The number of rotatable bonds is 7. The van der Waals surface area contributed by atoms with Gasteiger partial charge in [-0.15, -0.1) is 0 Å². The fraction of sp³-hybridized carbons (Fsp3) is 0.429. The van der Waals surface area contributed by atoms with Crippen molar-refractivity contribution in [3.05, 3.63) is 30.1 Å². The number of aryl methyl sites for hydroxylation is 1. The van der Waals surface area contributed by atoms with Gasteiger partial charge in [-0.05, 0) is 18.6 Å². The molecule has 1 amide bonds. The predicted octanol–water partition coefficient (Wildman–Crippen LogP) is 1.41. The number of nitrogens with one attached hydrogen (secondary N) is 1. The molecule has 2 aromatic rings. The van der Waals surface area contributed by atoms with Gasteiger partial charge in [-0.2, -0.15) is 0 Å². The zero-order valence-corrected chi connectivity index (χ0v) is 11.2. The SMILES string of the molecule is CCCn1c(CNCCC(N)=O)nc2ccccc21. The van der Waals surface area contributed by atoms with Crippen molar-refractivity contribution in [1.29, 1.82) is 0 Å². The monoisotopic (exact) mass is 260 g/mol. The second-order valence-corrected chi connectivity index (χ2v) is 4.56. The van der Waals surface area contributed by atoms with Crippen LogP contribution in [0.3, 0.4) is 0 Å². The van der Waals surface area contributed by atoms with Crippen molar-refractivity contribution in [3.8, 4) is 0 Å². The molecule has 0 atom stereocenters. The number of carbonyl (C=O) groups is 1. The van der Waals surface area contributed by atoms with Crippen LogP contribution in [0.25, 0.3) is 11.0 Å². The number of aromatic nitrogens is 2. The zero-order chi connectivity index (χ0) is 13.7. The van der Waals surface area contributed by atoms with Gasteiger partial charge in [0.1, 0.15) is 5.82 Å². The highest BCUT2D eigenvalue weighted by atomic mass is 16.1. The number of para-hydroxylation sites is 2. The standard InChI is InChI=1S/C14H20N4O/c1-2-9-18-12-6-4-3-5-11(12)17-14(18)10-16-8-7-13(15)19/h3-6,16H,2,7-10H2,1H3,(H2,15,19). The largest absolute Gasteiger partial charge is 0.370 e. The van der Waals surface area contributed by atoms with Crippen LogP contribution in [0.1, 0.15) is 25.6 Å². The van der Waals surface area contributed by atoms with E-state index < -0.39 is 0 Å². The van der Waals surface area contributed by atoms with Crippen molar-refractivity contribution in [3.63, 3.8) is 0 Å². The third-order valence-corrected chi connectivity index (χ3v) is 3.01. The van der Waals surface area contributed by atoms with Gasteiger partial charge in [-0.3, -0.25) is 4.79 Å². The smallest absolute Gasteiger partial charge is 0.218 e. The van der Waals surface area contributed by atoms with E-state index in [1.54, 1.807) is 0 Å². The van der Waals surface area contributed by atoms with E-state index in [0.29, 0.717) is 19.5 Å². The highest BCUT2D eigenvalue weighted by Gasteiger charge is 2.09. The molecule has 0 fully saturated rings. The summed E-state index contributed by atoms with van der Waals surface area (Å²) < 4.78 is 2.23. The molecule has 0 aliphatic heterocycles. The van der Waals surface area contributed by atoms with Crippen LogP contribution in [0.2, 0.25) is 0 Å². The van der Waals surface area contributed by atoms with Crippen molar-refractivity contribution in [2.24, 2.45) is 5.73 Å². The normalized spacial score (nSPS) is 11.0. The molecular weight excluding hydrogens is 240 g/mol. The lowest BCUT2D eigenvalue weighted by Crippen LogP contribution is -2.23. The molecular formula is C14H20N4O. The van der Waals surface area contributed by atoms with Crippen LogP contribution in [-0.2, 0) is 17.9 Å². The quantitative estimate of drug-likeness (QED) is 0.739. The predicted molar refractivity (Wildman–Crippen MR) is 75.5 cm³/mol. The Kier molecular flexibility index (Phi) is 4.52. The van der Waals surface area contributed by atoms with E-state index in [1.807, 2.05) is 18.2 Å². The van der Waals surface area contributed by atoms with E-state index in [2.05, 4.69) is 27.9 Å². The number of nitrogens with two attached hydrogens (primary N) is 1. The Morgan fingerprint density at radius 2 is 2.21 bits per heavy atom. The van der Waals surface area contributed by atoms with Gasteiger partial charge in [0.15, 0.2) is 0 Å². The number of fused-ring (bicyclic) bond motifs is 1. The molecule has 5 nitrogen and oxygen atoms in total. The number of hydrogen-bond acceptors (Lipinski definition) is 3. The van der Waals surface area contributed by atoms with Gasteiger partial charge in [-0.1, -0.05) is 19.1 Å². The summed E-state index contributed by atoms with van der Waals surface area (Å²) >= 11 is 0. The minimum absolute atomic E-state index is 0.283. The molecule has 19 heavy (non-hydrogen) atoms. The van der Waals surface area contributed by atoms with E-state index >= 15 is 0 Å². The fourth-order valence-corrected chi connectivity index (χ4v) is 2.15. The van der Waals surface area contributed by atoms with Gasteiger partial charge < -0.3 is 15.6 Å². The summed E-state index contributed by atoms with van der Waals surface area (Å²) in [5, 5.41) is 3.21. The van der Waals surface area contributed by atoms with Crippen molar-refractivity contribution < 1.29 is 4.79 Å². The number of imidazole rings is 1. The van der Waals surface area contributed by atoms with Crippen molar-refractivity contribution >= 4 is 16.9 Å². The molecule has 1 aromatic carbocycles. The Morgan fingerprint density at radius 1 is 1.42 bits per heavy atom. The summed E-state index contributed by atoms with van der Waals surface area (Å²) in [6, 6.07) is 8.13. The summed E-state index contributed by atoms with van der Waals surface area (Å²) in [5.74, 6) is 0.724. The van der Waals surface area contributed by atoms with Crippen LogP contribution in [-0.4, -0.2) is 22.0 Å². The lowest BCUT2D eigenvalue weighted by atomic mass is 10.3. The van der Waals surface area contributed by atoms with Gasteiger partial charge >= 0.3 is 0 Å². The molecule has 0 saturated heterocycles. The Balaban J connectivity index is 2.12. The van der Waals surface area contributed by atoms with Crippen LogP contribution < -0.4 is 11.1 Å². The van der Waals surface area contributed by atoms with Crippen LogP contribution in [0.4, 0.5) is 0 Å². The minimum Gasteiger partial charge on any atom is -0.370 e. The Labute approximate surface area is 112 Å². The maximum atomic E-state index is 10.7. The average Bonchev–Trinajstić information content (AvgIpc) is 2.74. The van der Waals surface area contributed by atoms with E-state index in [4.69, 9.17) is 5.73 Å². The molecule has 0 unspecified atom stereocenters. The topological polar surface area (TPSA) is 72.9 Å². The second-order valence-electron chi connectivity index (χ2n) is 4.56. The Bertz CT molecular complexity index is 562. The second kappa shape index (κ2) is 6.33. The van der Waals surface area contributed by atoms with E-state index in [-0.39, 0.29) is 5.91 Å². The van der Waals surface area contributed by atoms with Gasteiger partial charge in [0.2, 0.25) is 5.91 Å². The molecule has 0 aliphatic rings. The van der Waals surface area contributed by atoms with Crippen molar-refractivity contribution in [1.82, 2.24) is 14.9 Å². The third-order valence-electron chi connectivity index (χ3n) is 3.01. The molecule has 1 aromatic heterocycles. The van der Waals surface area contributed by atoms with E-state index in [1.165, 1.54) is 0 Å². The number of primary amides is 1. The lowest BCUT2D eigenvalue weighted by Gasteiger charge is -2.08. The highest BCUT2D eigenvalue weighted by molar-refractivity contribution is 5.76. The maximum absolute atomic E-state index is 10.7. The van der Waals surface area contributed by atoms with Crippen molar-refractivity contribution in [2.75, 3.05) is 6.54 Å². The number of benzene rings is 1. The first-order chi connectivity index (χ1) is 9.22. The van der Waals surface area contributed by atoms with Crippen molar-refractivity contribution in [2.45, 2.75) is 32.9 Å². The Hall–Kier alpha value is -1.88.